The van der Waals surface area contributed by atoms with Crippen LogP contribution in [0.2, 0.25) is 0 Å². The molecule has 326 valence electrons. The van der Waals surface area contributed by atoms with Crippen LogP contribution >= 0.6 is 0 Å². The van der Waals surface area contributed by atoms with Gasteiger partial charge in [-0.25, -0.2) is 0 Å². The lowest BCUT2D eigenvalue weighted by atomic mass is 9.82. The molecule has 0 fully saturated rings. The summed E-state index contributed by atoms with van der Waals surface area (Å²) in [7, 11) is 0. The van der Waals surface area contributed by atoms with Crippen molar-refractivity contribution in [2.24, 2.45) is 5.73 Å². The summed E-state index contributed by atoms with van der Waals surface area (Å²) in [6.45, 7) is 21.3. The molecule has 6 aromatic carbocycles. The molecule has 0 bridgehead atoms. The van der Waals surface area contributed by atoms with Crippen LogP contribution in [0.1, 0.15) is 112 Å². The third-order valence-electron chi connectivity index (χ3n) is 12.5. The molecule has 1 atom stereocenters. The summed E-state index contributed by atoms with van der Waals surface area (Å²) in [6.07, 6.45) is 19.7. The first-order valence-electron chi connectivity index (χ1n) is 23.2. The van der Waals surface area contributed by atoms with Gasteiger partial charge in [-0.2, -0.15) is 0 Å². The van der Waals surface area contributed by atoms with Gasteiger partial charge in [0.05, 0.1) is 6.04 Å². The van der Waals surface area contributed by atoms with Crippen molar-refractivity contribution >= 4 is 34.7 Å². The van der Waals surface area contributed by atoms with Gasteiger partial charge in [-0.15, -0.1) is 0 Å². The van der Waals surface area contributed by atoms with Crippen LogP contribution in [0.5, 0.6) is 0 Å². The molecule has 0 amide bonds. The maximum Gasteiger partial charge on any atom is 0.0560 e. The van der Waals surface area contributed by atoms with Crippen molar-refractivity contribution in [1.82, 2.24) is 0 Å². The van der Waals surface area contributed by atoms with Crippen molar-refractivity contribution in [3.05, 3.63) is 238 Å². The van der Waals surface area contributed by atoms with E-state index in [1.807, 2.05) is 45.0 Å². The Balaban J connectivity index is 0.000000335. The molecule has 6 aromatic rings. The normalized spacial score (nSPS) is 15.5. The number of hydrogen-bond donors (Lipinski definition) is 1. The number of fused-ring (bicyclic) bond motifs is 3. The largest absolute Gasteiger partial charge is 0.402 e. The van der Waals surface area contributed by atoms with E-state index in [1.54, 1.807) is 0 Å². The lowest BCUT2D eigenvalue weighted by Gasteiger charge is -2.34. The molecule has 64 heavy (non-hydrogen) atoms. The Morgan fingerprint density at radius 3 is 1.97 bits per heavy atom. The van der Waals surface area contributed by atoms with E-state index in [0.717, 1.165) is 36.9 Å². The molecule has 0 spiro atoms. The highest BCUT2D eigenvalue weighted by molar-refractivity contribution is 5.86. The smallest absolute Gasteiger partial charge is 0.0560 e. The number of nitrogens with zero attached hydrogens (tertiary/aromatic N) is 1. The molecule has 9 rings (SSSR count). The van der Waals surface area contributed by atoms with Gasteiger partial charge in [-0.1, -0.05) is 211 Å². The van der Waals surface area contributed by atoms with Crippen molar-refractivity contribution in [1.29, 1.82) is 0 Å². The Bertz CT molecular complexity index is 2650. The SMILES string of the molecule is C=Cc1ccccc1/C=C(\C)c1ccc(N(c2ccc3c(c2)C(C)(C)c2ccccc2-3)C2C=CC(c3ccc(CC)cc3)=CC2)cc1.CC.CC1=C(N)CCC=C1.Cc1ccccc1. The average molecular weight is 841 g/mol. The van der Waals surface area contributed by atoms with Gasteiger partial charge in [0.1, 0.15) is 0 Å². The van der Waals surface area contributed by atoms with Gasteiger partial charge < -0.3 is 10.6 Å². The van der Waals surface area contributed by atoms with Gasteiger partial charge in [0, 0.05) is 22.5 Å². The van der Waals surface area contributed by atoms with E-state index in [4.69, 9.17) is 5.73 Å². The van der Waals surface area contributed by atoms with Crippen LogP contribution < -0.4 is 10.6 Å². The zero-order chi connectivity index (χ0) is 45.6. The lowest BCUT2D eigenvalue weighted by Crippen LogP contribution is -2.30. The molecule has 0 radical (unpaired) electrons. The minimum Gasteiger partial charge on any atom is -0.402 e. The van der Waals surface area contributed by atoms with Crippen molar-refractivity contribution in [2.45, 2.75) is 92.5 Å². The minimum atomic E-state index is -0.0543. The maximum atomic E-state index is 5.61. The second-order valence-corrected chi connectivity index (χ2v) is 17.2. The fourth-order valence-electron chi connectivity index (χ4n) is 8.69. The molecule has 2 heteroatoms. The fourth-order valence-corrected chi connectivity index (χ4v) is 8.69. The maximum absolute atomic E-state index is 5.61. The molecule has 3 aliphatic rings. The van der Waals surface area contributed by atoms with E-state index in [2.05, 4.69) is 210 Å². The summed E-state index contributed by atoms with van der Waals surface area (Å²) in [4.78, 5) is 2.53. The molecule has 3 aliphatic carbocycles. The van der Waals surface area contributed by atoms with Crippen molar-refractivity contribution < 1.29 is 0 Å². The summed E-state index contributed by atoms with van der Waals surface area (Å²) in [5, 5.41) is 0. The monoisotopic (exact) mass is 841 g/mol. The third-order valence-corrected chi connectivity index (χ3v) is 12.5. The standard InChI is InChI=1S/C46H43N.C7H11N.C7H8.C2H6/c1-6-33-16-18-36(19-17-33)37-22-26-40(27-23-37)47(41-28-29-43-42-14-10-11-15-44(42)46(4,5)45(43)31-41)39-24-20-35(21-25-39)32(3)30-38-13-9-8-12-34(38)7-2;1-6-4-2-3-5-7(6)8;1-7-5-3-2-4-6-7;1-2/h7-26,28-31,40H,2,6,27H2,1,3-5H3;2,4H,3,5,8H2,1H3;2-6H,1H3;1-2H3/b32-30+;;;. The number of aryl methyl sites for hydroxylation is 2. The van der Waals surface area contributed by atoms with E-state index in [1.165, 1.54) is 78.2 Å². The summed E-state index contributed by atoms with van der Waals surface area (Å²) in [6, 6.07) is 53.0. The highest BCUT2D eigenvalue weighted by Crippen LogP contribution is 2.50. The molecule has 0 saturated heterocycles. The number of anilines is 2. The highest BCUT2D eigenvalue weighted by atomic mass is 15.2. The zero-order valence-corrected chi connectivity index (χ0v) is 39.5. The zero-order valence-electron chi connectivity index (χ0n) is 39.5. The summed E-state index contributed by atoms with van der Waals surface area (Å²) in [5.74, 6) is 0. The Labute approximate surface area is 385 Å². The first kappa shape index (κ1) is 46.9. The topological polar surface area (TPSA) is 29.3 Å². The molecule has 0 saturated carbocycles. The second-order valence-electron chi connectivity index (χ2n) is 17.2. The van der Waals surface area contributed by atoms with Gasteiger partial charge in [0.25, 0.3) is 0 Å². The van der Waals surface area contributed by atoms with Gasteiger partial charge in [-0.05, 0) is 138 Å². The van der Waals surface area contributed by atoms with Crippen molar-refractivity contribution in [3.8, 4) is 11.1 Å². The number of allylic oxidation sites excluding steroid dienone is 7. The van der Waals surface area contributed by atoms with Crippen LogP contribution in [0.3, 0.4) is 0 Å². The van der Waals surface area contributed by atoms with Crippen LogP contribution in [0.25, 0.3) is 34.4 Å². The van der Waals surface area contributed by atoms with E-state index in [-0.39, 0.29) is 11.5 Å². The molecule has 2 nitrogen and oxygen atoms in total. The van der Waals surface area contributed by atoms with Gasteiger partial charge in [-0.3, -0.25) is 0 Å². The van der Waals surface area contributed by atoms with Crippen molar-refractivity contribution in [3.63, 3.8) is 0 Å². The van der Waals surface area contributed by atoms with Gasteiger partial charge in [0.15, 0.2) is 0 Å². The average Bonchev–Trinajstić information content (AvgIpc) is 3.57. The molecule has 1 unspecified atom stereocenters. The molecular weight excluding hydrogens is 773 g/mol. The van der Waals surface area contributed by atoms with E-state index in [0.29, 0.717) is 0 Å². The first-order chi connectivity index (χ1) is 31.1. The van der Waals surface area contributed by atoms with Crippen LogP contribution in [0, 0.1) is 6.92 Å². The number of nitrogens with two attached hydrogens (primary N) is 1. The van der Waals surface area contributed by atoms with Crippen LogP contribution in [0.15, 0.2) is 194 Å². The Morgan fingerprint density at radius 2 is 1.38 bits per heavy atom. The van der Waals surface area contributed by atoms with Gasteiger partial charge >= 0.3 is 0 Å². The van der Waals surface area contributed by atoms with E-state index >= 15 is 0 Å². The predicted octanol–water partition coefficient (Wildman–Crippen LogP) is 16.9. The molecule has 0 heterocycles. The van der Waals surface area contributed by atoms with Gasteiger partial charge in [0.2, 0.25) is 0 Å². The quantitative estimate of drug-likeness (QED) is 0.155. The summed E-state index contributed by atoms with van der Waals surface area (Å²) < 4.78 is 0. The van der Waals surface area contributed by atoms with Crippen LogP contribution in [-0.2, 0) is 11.8 Å². The number of hydrogen-bond acceptors (Lipinski definition) is 2. The highest BCUT2D eigenvalue weighted by Gasteiger charge is 2.36. The Hall–Kier alpha value is -6.64. The van der Waals surface area contributed by atoms with E-state index in [9.17, 15) is 0 Å². The van der Waals surface area contributed by atoms with Crippen molar-refractivity contribution in [2.75, 3.05) is 4.90 Å². The fraction of sp³-hybridized carbons (Fsp3) is 0.226. The van der Waals surface area contributed by atoms with Crippen LogP contribution in [0.4, 0.5) is 11.4 Å². The Morgan fingerprint density at radius 1 is 0.734 bits per heavy atom. The molecule has 2 N–H and O–H groups in total. The molecule has 0 aliphatic heterocycles. The summed E-state index contributed by atoms with van der Waals surface area (Å²) in [5.41, 5.74) is 25.8. The Kier molecular flexibility index (Phi) is 16.2. The molecular formula is C62H68N2. The van der Waals surface area contributed by atoms with E-state index < -0.39 is 0 Å². The number of benzene rings is 6. The minimum absolute atomic E-state index is 0.0543. The first-order valence-corrected chi connectivity index (χ1v) is 23.2. The summed E-state index contributed by atoms with van der Waals surface area (Å²) >= 11 is 0. The second kappa shape index (κ2) is 22.1. The third kappa shape index (κ3) is 11.1. The molecule has 0 aromatic heterocycles. The predicted molar refractivity (Wildman–Crippen MR) is 282 cm³/mol. The lowest BCUT2D eigenvalue weighted by molar-refractivity contribution is 0.659. The number of rotatable bonds is 8. The van der Waals surface area contributed by atoms with Crippen LogP contribution in [-0.4, -0.2) is 6.04 Å².